The van der Waals surface area contributed by atoms with Gasteiger partial charge in [0.1, 0.15) is 6.79 Å². The standard InChI is InChI=1S/C27H44O3/c1-19(2)17-29-15-12-20-7-9-24-23-8-6-21-16-22(30-18-28-5)10-13-27(21,4)25(23)11-14-26(20,24)3/h7,9,19,21-23,25H,6,8,10-18H2,1-5H3/t21-,22-,23+,25-,26-,27-/m1/s1. The van der Waals surface area contributed by atoms with Gasteiger partial charge in [0.15, 0.2) is 0 Å². The van der Waals surface area contributed by atoms with Crippen molar-refractivity contribution in [2.24, 2.45) is 34.5 Å². The van der Waals surface area contributed by atoms with Crippen LogP contribution in [-0.4, -0.2) is 33.2 Å². The van der Waals surface area contributed by atoms with Gasteiger partial charge in [0.2, 0.25) is 0 Å². The van der Waals surface area contributed by atoms with Crippen LogP contribution in [0.1, 0.15) is 79.1 Å². The molecule has 0 aromatic carbocycles. The lowest BCUT2D eigenvalue weighted by molar-refractivity contribution is -0.131. The van der Waals surface area contributed by atoms with E-state index in [-0.39, 0.29) is 0 Å². The van der Waals surface area contributed by atoms with Crippen molar-refractivity contribution in [2.45, 2.75) is 85.2 Å². The Labute approximate surface area is 184 Å². The number of allylic oxidation sites excluding steroid dienone is 3. The smallest absolute Gasteiger partial charge is 0.146 e. The first kappa shape index (κ1) is 22.6. The normalized spacial score (nSPS) is 40.5. The summed E-state index contributed by atoms with van der Waals surface area (Å²) in [5.74, 6) is 3.07. The van der Waals surface area contributed by atoms with E-state index in [0.29, 0.717) is 29.6 Å². The van der Waals surface area contributed by atoms with Crippen molar-refractivity contribution in [1.82, 2.24) is 0 Å². The van der Waals surface area contributed by atoms with Gasteiger partial charge in [0.25, 0.3) is 0 Å². The van der Waals surface area contributed by atoms with Crippen molar-refractivity contribution < 1.29 is 14.2 Å². The summed E-state index contributed by atoms with van der Waals surface area (Å²) in [6.07, 6.45) is 15.7. The fourth-order valence-electron chi connectivity index (χ4n) is 7.46. The molecule has 4 aliphatic carbocycles. The zero-order valence-electron chi connectivity index (χ0n) is 20.0. The molecule has 0 amide bonds. The summed E-state index contributed by atoms with van der Waals surface area (Å²) in [7, 11) is 1.73. The third kappa shape index (κ3) is 4.07. The van der Waals surface area contributed by atoms with E-state index in [1.54, 1.807) is 18.3 Å². The third-order valence-electron chi connectivity index (χ3n) is 9.20. The van der Waals surface area contributed by atoms with Crippen molar-refractivity contribution in [3.63, 3.8) is 0 Å². The molecule has 3 nitrogen and oxygen atoms in total. The van der Waals surface area contributed by atoms with Crippen molar-refractivity contribution in [3.8, 4) is 0 Å². The van der Waals surface area contributed by atoms with E-state index in [0.717, 1.165) is 37.4 Å². The maximum Gasteiger partial charge on any atom is 0.146 e. The zero-order valence-corrected chi connectivity index (χ0v) is 20.0. The Kier molecular flexibility index (Phi) is 6.82. The van der Waals surface area contributed by atoms with Crippen LogP contribution < -0.4 is 0 Å². The van der Waals surface area contributed by atoms with E-state index in [1.807, 2.05) is 0 Å². The van der Waals surface area contributed by atoms with Crippen molar-refractivity contribution in [3.05, 3.63) is 23.3 Å². The molecule has 6 atom stereocenters. The summed E-state index contributed by atoms with van der Waals surface area (Å²) < 4.78 is 17.1. The molecule has 0 aromatic rings. The Morgan fingerprint density at radius 3 is 2.67 bits per heavy atom. The monoisotopic (exact) mass is 416 g/mol. The minimum atomic E-state index is 0.296. The van der Waals surface area contributed by atoms with Crippen LogP contribution in [0.15, 0.2) is 23.3 Å². The molecule has 4 rings (SSSR count). The molecular formula is C27H44O3. The molecule has 0 unspecified atom stereocenters. The minimum absolute atomic E-state index is 0.296. The highest BCUT2D eigenvalue weighted by Crippen LogP contribution is 2.65. The first-order chi connectivity index (χ1) is 14.4. The summed E-state index contributed by atoms with van der Waals surface area (Å²) in [5.41, 5.74) is 4.17. The molecule has 0 spiro atoms. The second-order valence-corrected chi connectivity index (χ2v) is 11.4. The molecule has 0 bridgehead atoms. The molecular weight excluding hydrogens is 372 g/mol. The van der Waals surface area contributed by atoms with Gasteiger partial charge in [0, 0.05) is 19.1 Å². The van der Waals surface area contributed by atoms with Gasteiger partial charge in [-0.2, -0.15) is 0 Å². The fourth-order valence-corrected chi connectivity index (χ4v) is 7.46. The van der Waals surface area contributed by atoms with E-state index in [4.69, 9.17) is 14.2 Å². The Morgan fingerprint density at radius 1 is 1.07 bits per heavy atom. The van der Waals surface area contributed by atoms with Gasteiger partial charge in [-0.25, -0.2) is 0 Å². The van der Waals surface area contributed by atoms with E-state index in [1.165, 1.54) is 44.9 Å². The Balaban J connectivity index is 1.40. The summed E-state index contributed by atoms with van der Waals surface area (Å²) in [6.45, 7) is 11.8. The maximum atomic E-state index is 5.97. The predicted octanol–water partition coefficient (Wildman–Crippen LogP) is 6.54. The Morgan fingerprint density at radius 2 is 1.90 bits per heavy atom. The number of fused-ring (bicyclic) bond motifs is 5. The van der Waals surface area contributed by atoms with Crippen molar-refractivity contribution in [1.29, 1.82) is 0 Å². The van der Waals surface area contributed by atoms with Crippen molar-refractivity contribution in [2.75, 3.05) is 27.1 Å². The summed E-state index contributed by atoms with van der Waals surface area (Å²) in [5, 5.41) is 0. The lowest BCUT2D eigenvalue weighted by Gasteiger charge is -2.59. The molecule has 4 aliphatic rings. The van der Waals surface area contributed by atoms with Gasteiger partial charge >= 0.3 is 0 Å². The summed E-state index contributed by atoms with van der Waals surface area (Å²) in [4.78, 5) is 0. The number of hydrogen-bond donors (Lipinski definition) is 0. The number of rotatable bonds is 8. The molecule has 0 heterocycles. The van der Waals surface area contributed by atoms with Gasteiger partial charge in [-0.15, -0.1) is 0 Å². The van der Waals surface area contributed by atoms with Crippen LogP contribution >= 0.6 is 0 Å². The van der Waals surface area contributed by atoms with Gasteiger partial charge < -0.3 is 14.2 Å². The molecule has 0 saturated heterocycles. The molecule has 3 fully saturated rings. The molecule has 3 heteroatoms. The predicted molar refractivity (Wildman–Crippen MR) is 122 cm³/mol. The van der Waals surface area contributed by atoms with Gasteiger partial charge in [-0.05, 0) is 80.5 Å². The van der Waals surface area contributed by atoms with Crippen LogP contribution in [0.3, 0.4) is 0 Å². The summed E-state index contributed by atoms with van der Waals surface area (Å²) in [6, 6.07) is 0. The van der Waals surface area contributed by atoms with Crippen LogP contribution in [-0.2, 0) is 14.2 Å². The number of ether oxygens (including phenoxy) is 3. The lowest BCUT2D eigenvalue weighted by Crippen LogP contribution is -2.51. The van der Waals surface area contributed by atoms with E-state index < -0.39 is 0 Å². The molecule has 0 aromatic heterocycles. The highest BCUT2D eigenvalue weighted by atomic mass is 16.7. The third-order valence-corrected chi connectivity index (χ3v) is 9.20. The Bertz CT molecular complexity index is 665. The quantitative estimate of drug-likeness (QED) is 0.332. The second-order valence-electron chi connectivity index (χ2n) is 11.4. The van der Waals surface area contributed by atoms with Gasteiger partial charge in [-0.1, -0.05) is 51.0 Å². The largest absolute Gasteiger partial charge is 0.381 e. The fraction of sp³-hybridized carbons (Fsp3) is 0.852. The molecule has 170 valence electrons. The first-order valence-electron chi connectivity index (χ1n) is 12.5. The first-order valence-corrected chi connectivity index (χ1v) is 12.5. The molecule has 0 N–H and O–H groups in total. The molecule has 0 aliphatic heterocycles. The second kappa shape index (κ2) is 9.08. The molecule has 0 radical (unpaired) electrons. The van der Waals surface area contributed by atoms with E-state index in [2.05, 4.69) is 39.8 Å². The van der Waals surface area contributed by atoms with E-state index in [9.17, 15) is 0 Å². The minimum Gasteiger partial charge on any atom is -0.381 e. The average Bonchev–Trinajstić information content (AvgIpc) is 3.05. The SMILES string of the molecule is COCO[C@@H]1CC[C@]2(C)[C@H](CC[C@H]3C4=CC=C(CCOCC(C)C)[C@@]4(C)CC[C@H]32)C1. The van der Waals surface area contributed by atoms with Crippen LogP contribution in [0.5, 0.6) is 0 Å². The average molecular weight is 417 g/mol. The maximum absolute atomic E-state index is 5.97. The van der Waals surface area contributed by atoms with Crippen molar-refractivity contribution >= 4 is 0 Å². The lowest BCUT2D eigenvalue weighted by atomic mass is 9.46. The van der Waals surface area contributed by atoms with Gasteiger partial charge in [0.05, 0.1) is 12.7 Å². The number of methoxy groups -OCH3 is 1. The van der Waals surface area contributed by atoms with Crippen LogP contribution in [0.2, 0.25) is 0 Å². The molecule has 30 heavy (non-hydrogen) atoms. The summed E-state index contributed by atoms with van der Waals surface area (Å²) >= 11 is 0. The van der Waals surface area contributed by atoms with Crippen LogP contribution in [0, 0.1) is 34.5 Å². The zero-order chi connectivity index (χ0) is 21.4. The highest BCUT2D eigenvalue weighted by molar-refractivity contribution is 5.43. The van der Waals surface area contributed by atoms with E-state index >= 15 is 0 Å². The van der Waals surface area contributed by atoms with Gasteiger partial charge in [-0.3, -0.25) is 0 Å². The number of hydrogen-bond acceptors (Lipinski definition) is 3. The van der Waals surface area contributed by atoms with Crippen LogP contribution in [0.4, 0.5) is 0 Å². The Hall–Kier alpha value is -0.640. The topological polar surface area (TPSA) is 27.7 Å². The highest BCUT2D eigenvalue weighted by Gasteiger charge is 2.56. The molecule has 3 saturated carbocycles. The van der Waals surface area contributed by atoms with Crippen LogP contribution in [0.25, 0.3) is 0 Å².